The van der Waals surface area contributed by atoms with Crippen molar-refractivity contribution in [3.05, 3.63) is 80.5 Å². The lowest BCUT2D eigenvalue weighted by Gasteiger charge is -2.15. The van der Waals surface area contributed by atoms with Gasteiger partial charge in [-0.15, -0.1) is 0 Å². The minimum Gasteiger partial charge on any atom is -0.496 e. The first kappa shape index (κ1) is 20.9. The Morgan fingerprint density at radius 3 is 2.47 bits per heavy atom. The average Bonchev–Trinajstić information content (AvgIpc) is 2.73. The van der Waals surface area contributed by atoms with E-state index in [-0.39, 0.29) is 17.8 Å². The average molecular weight is 409 g/mol. The van der Waals surface area contributed by atoms with Gasteiger partial charge in [0.15, 0.2) is 0 Å². The molecule has 0 unspecified atom stereocenters. The Bertz CT molecular complexity index is 1190. The summed E-state index contributed by atoms with van der Waals surface area (Å²) in [5, 5.41) is 10.8. The number of aromatic amines is 1. The molecule has 0 amide bonds. The van der Waals surface area contributed by atoms with Gasteiger partial charge in [0.25, 0.3) is 5.56 Å². The molecule has 0 aliphatic rings. The van der Waals surface area contributed by atoms with Crippen molar-refractivity contribution < 1.29 is 14.6 Å². The fourth-order valence-corrected chi connectivity index (χ4v) is 3.11. The van der Waals surface area contributed by atoms with Crippen molar-refractivity contribution in [3.63, 3.8) is 0 Å². The molecule has 0 saturated carbocycles. The molecule has 0 aliphatic heterocycles. The fourth-order valence-electron chi connectivity index (χ4n) is 3.11. The molecular formula is C22H23N3O5. The summed E-state index contributed by atoms with van der Waals surface area (Å²) >= 11 is 0. The molecule has 30 heavy (non-hydrogen) atoms. The number of hydrogen-bond donors (Lipinski definition) is 2. The molecule has 1 aromatic heterocycles. The van der Waals surface area contributed by atoms with Crippen molar-refractivity contribution in [2.24, 2.45) is 4.99 Å². The molecule has 0 spiro atoms. The topological polar surface area (TPSA) is 106 Å². The molecule has 2 aromatic carbocycles. The van der Waals surface area contributed by atoms with Crippen molar-refractivity contribution in [3.8, 4) is 23.1 Å². The van der Waals surface area contributed by atoms with Gasteiger partial charge in [-0.1, -0.05) is 30.3 Å². The summed E-state index contributed by atoms with van der Waals surface area (Å²) < 4.78 is 11.9. The summed E-state index contributed by atoms with van der Waals surface area (Å²) in [4.78, 5) is 31.6. The van der Waals surface area contributed by atoms with Crippen LogP contribution in [0.3, 0.4) is 0 Å². The summed E-state index contributed by atoms with van der Waals surface area (Å²) in [5.74, 6) is 0.569. The predicted molar refractivity (Wildman–Crippen MR) is 114 cm³/mol. The van der Waals surface area contributed by atoms with Gasteiger partial charge in [0, 0.05) is 5.56 Å². The highest BCUT2D eigenvalue weighted by molar-refractivity contribution is 6.00. The van der Waals surface area contributed by atoms with E-state index in [4.69, 9.17) is 9.47 Å². The molecule has 0 bridgehead atoms. The van der Waals surface area contributed by atoms with Crippen LogP contribution in [-0.2, 0) is 6.54 Å². The van der Waals surface area contributed by atoms with Gasteiger partial charge in [-0.25, -0.2) is 9.36 Å². The number of methoxy groups -OCH3 is 1. The maximum Gasteiger partial charge on any atom is 0.335 e. The highest BCUT2D eigenvalue weighted by Gasteiger charge is 2.20. The zero-order valence-corrected chi connectivity index (χ0v) is 17.0. The van der Waals surface area contributed by atoms with E-state index in [1.54, 1.807) is 38.3 Å². The number of hydrogen-bond acceptors (Lipinski definition) is 6. The van der Waals surface area contributed by atoms with Crippen molar-refractivity contribution in [2.75, 3.05) is 13.7 Å². The first-order chi connectivity index (χ1) is 14.5. The summed E-state index contributed by atoms with van der Waals surface area (Å²) in [6, 6.07) is 14.1. The van der Waals surface area contributed by atoms with Crippen LogP contribution in [0.4, 0.5) is 0 Å². The number of benzene rings is 2. The number of para-hydroxylation sites is 3. The van der Waals surface area contributed by atoms with Crippen LogP contribution in [0.25, 0.3) is 5.69 Å². The van der Waals surface area contributed by atoms with Crippen LogP contribution in [0.1, 0.15) is 25.0 Å². The second-order valence-electron chi connectivity index (χ2n) is 6.41. The monoisotopic (exact) mass is 409 g/mol. The zero-order chi connectivity index (χ0) is 21.7. The van der Waals surface area contributed by atoms with Crippen molar-refractivity contribution in [1.29, 1.82) is 0 Å². The lowest BCUT2D eigenvalue weighted by Crippen LogP contribution is -2.33. The second-order valence-corrected chi connectivity index (χ2v) is 6.41. The predicted octanol–water partition coefficient (Wildman–Crippen LogP) is 2.65. The minimum absolute atomic E-state index is 0.0872. The number of H-pyrrole nitrogens is 1. The number of nitrogens with zero attached hydrogens (tertiary/aromatic N) is 2. The van der Waals surface area contributed by atoms with E-state index in [1.165, 1.54) is 0 Å². The van der Waals surface area contributed by atoms with Gasteiger partial charge in [-0.3, -0.25) is 14.8 Å². The van der Waals surface area contributed by atoms with Crippen LogP contribution in [0.15, 0.2) is 63.1 Å². The third-order valence-electron chi connectivity index (χ3n) is 4.53. The van der Waals surface area contributed by atoms with E-state index in [0.29, 0.717) is 23.8 Å². The molecule has 0 atom stereocenters. The molecular weight excluding hydrogens is 386 g/mol. The Morgan fingerprint density at radius 2 is 1.77 bits per heavy atom. The summed E-state index contributed by atoms with van der Waals surface area (Å²) in [6.45, 7) is 4.03. The molecule has 8 nitrogen and oxygen atoms in total. The molecule has 8 heteroatoms. The largest absolute Gasteiger partial charge is 0.496 e. The highest BCUT2D eigenvalue weighted by Crippen LogP contribution is 2.26. The van der Waals surface area contributed by atoms with Gasteiger partial charge in [0.1, 0.15) is 17.1 Å². The first-order valence-electron chi connectivity index (χ1n) is 9.41. The molecule has 1 heterocycles. The van der Waals surface area contributed by atoms with Crippen molar-refractivity contribution in [2.45, 2.75) is 20.4 Å². The number of aromatic hydroxyl groups is 1. The molecule has 2 N–H and O–H groups in total. The highest BCUT2D eigenvalue weighted by atomic mass is 16.5. The fraction of sp³-hybridized carbons (Fsp3) is 0.227. The molecule has 0 radical (unpaired) electrons. The van der Waals surface area contributed by atoms with E-state index in [0.717, 1.165) is 10.1 Å². The Morgan fingerprint density at radius 1 is 1.10 bits per heavy atom. The Labute approximate surface area is 173 Å². The lowest BCUT2D eigenvalue weighted by atomic mass is 10.1. The molecule has 3 rings (SSSR count). The Hall–Kier alpha value is -3.81. The van der Waals surface area contributed by atoms with Crippen LogP contribution in [0.2, 0.25) is 0 Å². The first-order valence-corrected chi connectivity index (χ1v) is 9.41. The van der Waals surface area contributed by atoms with E-state index < -0.39 is 17.1 Å². The van der Waals surface area contributed by atoms with Gasteiger partial charge >= 0.3 is 5.69 Å². The lowest BCUT2D eigenvalue weighted by molar-refractivity contribution is 0.336. The van der Waals surface area contributed by atoms with E-state index >= 15 is 0 Å². The van der Waals surface area contributed by atoms with Crippen LogP contribution in [-0.4, -0.2) is 34.1 Å². The number of aromatic nitrogens is 2. The number of ether oxygens (including phenoxy) is 2. The van der Waals surface area contributed by atoms with Gasteiger partial charge in [-0.2, -0.15) is 0 Å². The second kappa shape index (κ2) is 9.13. The van der Waals surface area contributed by atoms with E-state index in [9.17, 15) is 14.7 Å². The normalized spacial score (nSPS) is 11.4. The standard InChI is InChI=1S/C22H23N3O5/c1-4-30-18-12-8-6-10-16(18)25-21(27)19(20(26)24-22(25)28)14(2)23-13-15-9-5-7-11-17(15)29-3/h5-12,27H,4,13H2,1-3H3,(H,24,26,28). The third-order valence-corrected chi connectivity index (χ3v) is 4.53. The molecule has 0 aliphatic carbocycles. The maximum absolute atomic E-state index is 12.5. The molecule has 3 aromatic rings. The van der Waals surface area contributed by atoms with Gasteiger partial charge in [-0.05, 0) is 32.0 Å². The number of nitrogens with one attached hydrogen (secondary N) is 1. The molecule has 0 fully saturated rings. The van der Waals surface area contributed by atoms with Crippen LogP contribution >= 0.6 is 0 Å². The Kier molecular flexibility index (Phi) is 6.36. The van der Waals surface area contributed by atoms with Crippen molar-refractivity contribution in [1.82, 2.24) is 9.55 Å². The van der Waals surface area contributed by atoms with Crippen LogP contribution in [0.5, 0.6) is 17.4 Å². The van der Waals surface area contributed by atoms with Gasteiger partial charge < -0.3 is 14.6 Å². The SMILES string of the molecule is CCOc1ccccc1-n1c(O)c(C(C)=NCc2ccccc2OC)c(=O)[nH]c1=O. The minimum atomic E-state index is -0.772. The summed E-state index contributed by atoms with van der Waals surface area (Å²) in [6.07, 6.45) is 0. The van der Waals surface area contributed by atoms with E-state index in [1.807, 2.05) is 31.2 Å². The smallest absolute Gasteiger partial charge is 0.335 e. The Balaban J connectivity index is 2.10. The zero-order valence-electron chi connectivity index (χ0n) is 17.0. The summed E-state index contributed by atoms with van der Waals surface area (Å²) in [5.41, 5.74) is -0.157. The number of rotatable bonds is 7. The quantitative estimate of drug-likeness (QED) is 0.584. The summed E-state index contributed by atoms with van der Waals surface area (Å²) in [7, 11) is 1.57. The number of aliphatic imine (C=N–C) groups is 1. The van der Waals surface area contributed by atoms with Crippen molar-refractivity contribution >= 4 is 5.71 Å². The third kappa shape index (κ3) is 4.12. The van der Waals surface area contributed by atoms with Crippen LogP contribution in [0, 0.1) is 0 Å². The molecule has 156 valence electrons. The van der Waals surface area contributed by atoms with Crippen LogP contribution < -0.4 is 20.7 Å². The van der Waals surface area contributed by atoms with E-state index in [2.05, 4.69) is 9.98 Å². The molecule has 0 saturated heterocycles. The van der Waals surface area contributed by atoms with Gasteiger partial charge in [0.05, 0.1) is 31.7 Å². The van der Waals surface area contributed by atoms with Gasteiger partial charge in [0.2, 0.25) is 5.88 Å². The maximum atomic E-state index is 12.5.